The van der Waals surface area contributed by atoms with Gasteiger partial charge in [-0.3, -0.25) is 24.3 Å². The number of benzene rings is 1. The predicted molar refractivity (Wildman–Crippen MR) is 99.5 cm³/mol. The van der Waals surface area contributed by atoms with Crippen LogP contribution < -0.4 is 21.3 Å². The van der Waals surface area contributed by atoms with Crippen LogP contribution in [-0.2, 0) is 18.4 Å². The molecule has 1 aromatic carbocycles. The molecular formula is C17H15N5O6. The van der Waals surface area contributed by atoms with Gasteiger partial charge in [0.25, 0.3) is 11.2 Å². The van der Waals surface area contributed by atoms with Crippen molar-refractivity contribution in [1.29, 1.82) is 0 Å². The molecule has 28 heavy (non-hydrogen) atoms. The van der Waals surface area contributed by atoms with E-state index in [0.29, 0.717) is 5.69 Å². The van der Waals surface area contributed by atoms with Crippen LogP contribution in [0, 0.1) is 10.1 Å². The highest BCUT2D eigenvalue weighted by Gasteiger charge is 2.18. The molecule has 3 rings (SSSR count). The lowest BCUT2D eigenvalue weighted by molar-refractivity contribution is -0.384. The third-order valence-electron chi connectivity index (χ3n) is 4.07. The topological polar surface area (TPSA) is 138 Å². The Labute approximate surface area is 157 Å². The van der Waals surface area contributed by atoms with Gasteiger partial charge in [-0.2, -0.15) is 0 Å². The molecule has 11 heteroatoms. The molecule has 0 bridgehead atoms. The van der Waals surface area contributed by atoms with Crippen molar-refractivity contribution >= 4 is 28.3 Å². The number of nitrogens with zero attached hydrogens (tertiary/aromatic N) is 4. The van der Waals surface area contributed by atoms with Crippen LogP contribution in [0.1, 0.15) is 0 Å². The minimum Gasteiger partial charge on any atom is -0.496 e. The largest absolute Gasteiger partial charge is 0.496 e. The average molecular weight is 385 g/mol. The molecule has 2 heterocycles. The Morgan fingerprint density at radius 3 is 2.54 bits per heavy atom. The van der Waals surface area contributed by atoms with Gasteiger partial charge in [0.15, 0.2) is 5.65 Å². The fraction of sp³-hybridized carbons (Fsp3) is 0.176. The van der Waals surface area contributed by atoms with Crippen LogP contribution in [0.15, 0.2) is 46.1 Å². The highest BCUT2D eigenvalue weighted by molar-refractivity contribution is 5.91. The number of hydrogen-bond donors (Lipinski definition) is 1. The number of fused-ring (bicyclic) bond motifs is 1. The van der Waals surface area contributed by atoms with Gasteiger partial charge in [-0.1, -0.05) is 0 Å². The first-order valence-corrected chi connectivity index (χ1v) is 8.00. The fourth-order valence-electron chi connectivity index (χ4n) is 2.70. The summed E-state index contributed by atoms with van der Waals surface area (Å²) in [5.41, 5.74) is -1.11. The number of anilines is 1. The van der Waals surface area contributed by atoms with E-state index in [1.54, 1.807) is 0 Å². The molecule has 3 aromatic rings. The summed E-state index contributed by atoms with van der Waals surface area (Å²) >= 11 is 0. The second-order valence-electron chi connectivity index (χ2n) is 5.80. The van der Waals surface area contributed by atoms with Crippen molar-refractivity contribution in [2.45, 2.75) is 6.54 Å². The number of hydrogen-bond acceptors (Lipinski definition) is 7. The normalized spacial score (nSPS) is 10.6. The summed E-state index contributed by atoms with van der Waals surface area (Å²) in [6, 6.07) is 6.64. The number of nitro groups is 1. The first-order valence-electron chi connectivity index (χ1n) is 8.00. The molecule has 11 nitrogen and oxygen atoms in total. The Balaban J connectivity index is 1.95. The molecule has 1 amide bonds. The standard InChI is InChI=1S/C17H15N5O6/c1-20-15-14(12(28-2)7-8-18-15)16(24)21(17(20)25)9-13(23)19-10-3-5-11(6-4-10)22(26)27/h3-8H,9H2,1-2H3,(H,19,23). The summed E-state index contributed by atoms with van der Waals surface area (Å²) in [5.74, 6) is -0.412. The zero-order valence-corrected chi connectivity index (χ0v) is 14.9. The fourth-order valence-corrected chi connectivity index (χ4v) is 2.70. The second kappa shape index (κ2) is 7.31. The van der Waals surface area contributed by atoms with Crippen molar-refractivity contribution in [3.8, 4) is 5.75 Å². The summed E-state index contributed by atoms with van der Waals surface area (Å²) in [6.07, 6.45) is 1.41. The number of carbonyl (C=O) groups is 1. The van der Waals surface area contributed by atoms with Crippen LogP contribution in [0.4, 0.5) is 11.4 Å². The number of amides is 1. The van der Waals surface area contributed by atoms with E-state index in [1.165, 1.54) is 50.7 Å². The van der Waals surface area contributed by atoms with Gasteiger partial charge in [0.1, 0.15) is 17.7 Å². The van der Waals surface area contributed by atoms with Gasteiger partial charge >= 0.3 is 5.69 Å². The highest BCUT2D eigenvalue weighted by Crippen LogP contribution is 2.18. The Morgan fingerprint density at radius 1 is 1.25 bits per heavy atom. The number of methoxy groups -OCH3 is 1. The number of carbonyl (C=O) groups excluding carboxylic acids is 1. The Kier molecular flexibility index (Phi) is 4.90. The molecule has 2 aromatic heterocycles. The van der Waals surface area contributed by atoms with E-state index in [0.717, 1.165) is 9.13 Å². The summed E-state index contributed by atoms with van der Waals surface area (Å²) in [7, 11) is 2.81. The molecule has 0 atom stereocenters. The number of pyridine rings is 1. The quantitative estimate of drug-likeness (QED) is 0.502. The molecule has 0 saturated heterocycles. The van der Waals surface area contributed by atoms with Crippen LogP contribution in [0.5, 0.6) is 5.75 Å². The molecule has 144 valence electrons. The van der Waals surface area contributed by atoms with Gasteiger partial charge in [-0.15, -0.1) is 0 Å². The molecule has 0 aliphatic rings. The lowest BCUT2D eigenvalue weighted by atomic mass is 10.3. The molecule has 0 spiro atoms. The molecule has 0 saturated carbocycles. The van der Waals surface area contributed by atoms with Gasteiger partial charge in [-0.05, 0) is 18.2 Å². The molecule has 0 unspecified atom stereocenters. The maximum atomic E-state index is 12.8. The highest BCUT2D eigenvalue weighted by atomic mass is 16.6. The Hall–Kier alpha value is -4.02. The van der Waals surface area contributed by atoms with E-state index in [-0.39, 0.29) is 22.5 Å². The molecular weight excluding hydrogens is 370 g/mol. The van der Waals surface area contributed by atoms with Crippen molar-refractivity contribution in [1.82, 2.24) is 14.1 Å². The molecule has 0 aliphatic heterocycles. The van der Waals surface area contributed by atoms with Crippen molar-refractivity contribution in [2.75, 3.05) is 12.4 Å². The number of aromatic nitrogens is 3. The smallest absolute Gasteiger partial charge is 0.332 e. The predicted octanol–water partition coefficient (Wildman–Crippen LogP) is 0.651. The molecule has 0 fully saturated rings. The summed E-state index contributed by atoms with van der Waals surface area (Å²) < 4.78 is 7.09. The van der Waals surface area contributed by atoms with Crippen LogP contribution in [0.2, 0.25) is 0 Å². The van der Waals surface area contributed by atoms with Crippen molar-refractivity contribution in [3.05, 3.63) is 67.5 Å². The van der Waals surface area contributed by atoms with E-state index >= 15 is 0 Å². The molecule has 0 aliphatic carbocycles. The van der Waals surface area contributed by atoms with Gasteiger partial charge in [0.05, 0.1) is 12.0 Å². The van der Waals surface area contributed by atoms with Crippen LogP contribution >= 0.6 is 0 Å². The van der Waals surface area contributed by atoms with Crippen molar-refractivity contribution in [3.63, 3.8) is 0 Å². The minimum atomic E-state index is -0.711. The third kappa shape index (κ3) is 3.32. The summed E-state index contributed by atoms with van der Waals surface area (Å²) in [4.78, 5) is 51.7. The number of nitrogens with one attached hydrogen (secondary N) is 1. The number of aryl methyl sites for hydroxylation is 1. The van der Waals surface area contributed by atoms with Gasteiger partial charge in [-0.25, -0.2) is 14.3 Å². The van der Waals surface area contributed by atoms with Crippen LogP contribution in [-0.4, -0.2) is 32.1 Å². The number of non-ortho nitro benzene ring substituents is 1. The van der Waals surface area contributed by atoms with Crippen LogP contribution in [0.25, 0.3) is 11.0 Å². The zero-order valence-electron chi connectivity index (χ0n) is 14.9. The summed E-state index contributed by atoms with van der Waals surface area (Å²) in [5, 5.41) is 13.2. The van der Waals surface area contributed by atoms with Gasteiger partial charge in [0.2, 0.25) is 5.91 Å². The maximum Gasteiger partial charge on any atom is 0.332 e. The molecule has 0 radical (unpaired) electrons. The Bertz CT molecular complexity index is 1200. The van der Waals surface area contributed by atoms with E-state index in [2.05, 4.69) is 10.3 Å². The van der Waals surface area contributed by atoms with E-state index < -0.39 is 28.6 Å². The van der Waals surface area contributed by atoms with Gasteiger partial charge in [0, 0.05) is 31.1 Å². The number of nitro benzene ring substituents is 1. The number of ether oxygens (including phenoxy) is 1. The Morgan fingerprint density at radius 2 is 1.93 bits per heavy atom. The van der Waals surface area contributed by atoms with Gasteiger partial charge < -0.3 is 10.1 Å². The second-order valence-corrected chi connectivity index (χ2v) is 5.80. The maximum absolute atomic E-state index is 12.8. The molecule has 1 N–H and O–H groups in total. The lowest BCUT2D eigenvalue weighted by Crippen LogP contribution is -2.42. The van der Waals surface area contributed by atoms with E-state index in [1.807, 2.05) is 0 Å². The first kappa shape index (κ1) is 18.8. The monoisotopic (exact) mass is 385 g/mol. The summed E-state index contributed by atoms with van der Waals surface area (Å²) in [6.45, 7) is -0.545. The first-order chi connectivity index (χ1) is 13.3. The zero-order chi connectivity index (χ0) is 20.4. The third-order valence-corrected chi connectivity index (χ3v) is 4.07. The van der Waals surface area contributed by atoms with Crippen LogP contribution in [0.3, 0.4) is 0 Å². The van der Waals surface area contributed by atoms with Crippen molar-refractivity contribution < 1.29 is 14.5 Å². The number of rotatable bonds is 5. The van der Waals surface area contributed by atoms with Crippen molar-refractivity contribution in [2.24, 2.45) is 7.05 Å². The van der Waals surface area contributed by atoms with E-state index in [4.69, 9.17) is 4.74 Å². The minimum absolute atomic E-state index is 0.0789. The SMILES string of the molecule is COc1ccnc2c1c(=O)n(CC(=O)Nc1ccc([N+](=O)[O-])cc1)c(=O)n2C. The lowest BCUT2D eigenvalue weighted by Gasteiger charge is -2.12. The van der Waals surface area contributed by atoms with E-state index in [9.17, 15) is 24.5 Å². The average Bonchev–Trinajstić information content (AvgIpc) is 2.69.